The Labute approximate surface area is 530 Å². The third kappa shape index (κ3) is 22.5. The number of halogens is 1. The zero-order valence-corrected chi connectivity index (χ0v) is 50.3. The fraction of sp³-hybridized carbons (Fsp3) is 0.274. The average molecular weight is 1290 g/mol. The lowest BCUT2D eigenvalue weighted by atomic mass is 10.0. The molecule has 3 aliphatic rings. The topological polar surface area (TPSA) is 493 Å². The number of benzene rings is 5. The molecular formula is C62H76ClN9O19. The van der Waals surface area contributed by atoms with Crippen LogP contribution in [0, 0.1) is 48.5 Å². The molecular weight excluding hydrogens is 1210 g/mol. The number of nitrogens with one attached hydrogen (secondary N) is 3. The number of amides is 7. The van der Waals surface area contributed by atoms with Gasteiger partial charge in [0.2, 0.25) is 29.5 Å². The number of carbonyl (C=O) groups excluding carboxylic acids is 9. The molecule has 0 saturated carbocycles. The summed E-state index contributed by atoms with van der Waals surface area (Å²) in [6, 6.07) is 22.3. The van der Waals surface area contributed by atoms with Crippen molar-refractivity contribution >= 4 is 105 Å². The molecule has 28 nitrogen and oxygen atoms in total. The van der Waals surface area contributed by atoms with Crippen molar-refractivity contribution in [3.63, 3.8) is 0 Å². The van der Waals surface area contributed by atoms with Gasteiger partial charge in [-0.2, -0.15) is 0 Å². The molecule has 0 bridgehead atoms. The molecule has 0 radical (unpaired) electrons. The highest BCUT2D eigenvalue weighted by atomic mass is 35.5. The molecule has 2 saturated heterocycles. The fourth-order valence-corrected chi connectivity index (χ4v) is 8.40. The monoisotopic (exact) mass is 1290 g/mol. The third-order valence-electron chi connectivity index (χ3n) is 12.3. The Kier molecular flexibility index (Phi) is 32.0. The molecule has 2 aromatic heterocycles. The van der Waals surface area contributed by atoms with Crippen LogP contribution in [0.15, 0.2) is 105 Å². The first kappa shape index (κ1) is 78.3. The second-order valence-corrected chi connectivity index (χ2v) is 18.9. The molecule has 15 N–H and O–H groups in total. The molecule has 2 atom stereocenters. The minimum absolute atomic E-state index is 0. The van der Waals surface area contributed by atoms with Gasteiger partial charge < -0.3 is 47.5 Å². The summed E-state index contributed by atoms with van der Waals surface area (Å²) >= 11 is 0. The lowest BCUT2D eigenvalue weighted by Gasteiger charge is -2.24. The van der Waals surface area contributed by atoms with Crippen molar-refractivity contribution in [3.05, 3.63) is 179 Å². The zero-order valence-electron chi connectivity index (χ0n) is 51.5. The number of aromatic carboxylic acids is 2. The lowest BCUT2D eigenvalue weighted by molar-refractivity contribution is -0.156. The molecule has 0 spiro atoms. The molecule has 7 aromatic rings. The third-order valence-corrected chi connectivity index (χ3v) is 12.3. The summed E-state index contributed by atoms with van der Waals surface area (Å²) in [5.74, 6) is -6.11. The quantitative estimate of drug-likeness (QED) is 0.0515. The molecule has 5 heterocycles. The number of fused-ring (bicyclic) bond motifs is 3. The fourth-order valence-electron chi connectivity index (χ4n) is 8.40. The van der Waals surface area contributed by atoms with Gasteiger partial charge >= 0.3 is 29.5 Å². The van der Waals surface area contributed by atoms with E-state index >= 15 is 0 Å². The van der Waals surface area contributed by atoms with Gasteiger partial charge in [0.05, 0.1) is 58.4 Å². The predicted octanol–water partition coefficient (Wildman–Crippen LogP) is 4.63. The Balaban J connectivity index is 0. The first-order valence-electron chi connectivity index (χ1n) is 26.7. The summed E-state index contributed by atoms with van der Waals surface area (Å²) < 4.78 is 25.5. The number of hydrogen-bond donors (Lipinski definition) is 8. The van der Waals surface area contributed by atoms with Gasteiger partial charge in [-0.05, 0) is 113 Å². The molecule has 5 aromatic carbocycles. The van der Waals surface area contributed by atoms with Crippen molar-refractivity contribution in [1.29, 1.82) is 0 Å². The number of hydrogen-bond acceptors (Lipinski definition) is 19. The summed E-state index contributed by atoms with van der Waals surface area (Å²) in [5.41, 5.74) is 21.4. The number of imide groups is 3. The number of piperidine rings is 2. The number of ether oxygens (including phenoxy) is 1. The van der Waals surface area contributed by atoms with E-state index in [1.54, 1.807) is 95.3 Å². The minimum atomic E-state index is -1.85. The number of esters is 2. The van der Waals surface area contributed by atoms with E-state index < -0.39 is 65.1 Å². The SMILES string of the molecule is C.C.CC(=O)OC(C)=O.Cc1cccc(C(N)=O)c1C(=O)O.Cc1cccc(N)c1C(=O)O.Cc1cccc2c1C(=O)NC2=O.Cc1nc2cccc(C)c2c(=O)o1.Cl.O.O.[2H][C@]1(N)CCC(=O)NC1=O.[2H][C@]1(n2c(C)nc3cccc(C)c3c2=O)CCC(=O)NC1=O. The summed E-state index contributed by atoms with van der Waals surface area (Å²) in [7, 11) is 0. The van der Waals surface area contributed by atoms with E-state index in [1.807, 2.05) is 43.4 Å². The van der Waals surface area contributed by atoms with Gasteiger partial charge in [-0.1, -0.05) is 75.5 Å². The van der Waals surface area contributed by atoms with Crippen molar-refractivity contribution in [2.75, 3.05) is 5.73 Å². The van der Waals surface area contributed by atoms with Crippen LogP contribution in [0.1, 0.15) is 154 Å². The Morgan fingerprint density at radius 2 is 1.08 bits per heavy atom. The van der Waals surface area contributed by atoms with Gasteiger partial charge in [0.15, 0.2) is 5.89 Å². The molecule has 0 aliphatic carbocycles. The highest BCUT2D eigenvalue weighted by Gasteiger charge is 2.31. The standard InChI is InChI=1S/C15H15N3O3.C10H9NO2.C9H9NO3.C9H7NO2.C8H9NO2.C5H8N2O2.C4H6O3.2CH4.ClH.2H2O/c1-8-4-3-5-10-13(8)15(21)18(9(2)16-10)11-6-7-12(19)17-14(11)20;1-6-4-3-5-8-9(6)10(12)13-7(2)11-8;1-5-3-2-4-6(8(10)11)7(5)9(12)13;1-5-3-2-4-6-7(5)9(12)10-8(6)11;1-5-3-2-4-6(9)7(5)8(10)11;6-3-1-2-4(8)7-5(3)9;1-3(5)7-4(2)6;;;;;/h3-5,11H,6-7H2,1-2H3,(H,17,19,20);3-5H,1-2H3;2-4H,1H3,(H2,10,11)(H,12,13);2-4H,1H3,(H,10,11,12);2-4H,9H2,1H3,(H,10,11);3H,1-2,6H2,(H,7,8,9);1-2H3;2*1H4;1H;2*1H2/t11-;;;;;3-;;;;;;/m0....0....../s1/i11D;;;;;3D;;;;;;. The highest BCUT2D eigenvalue weighted by Crippen LogP contribution is 2.22. The lowest BCUT2D eigenvalue weighted by Crippen LogP contribution is -2.48. The summed E-state index contributed by atoms with van der Waals surface area (Å²) in [5, 5.41) is 24.8. The van der Waals surface area contributed by atoms with Gasteiger partial charge in [0, 0.05) is 39.3 Å². The molecule has 91 heavy (non-hydrogen) atoms. The molecule has 7 amide bonds. The normalized spacial score (nSPS) is 15.6. The van der Waals surface area contributed by atoms with Gasteiger partial charge in [-0.25, -0.2) is 24.4 Å². The van der Waals surface area contributed by atoms with E-state index in [1.165, 1.54) is 19.9 Å². The van der Waals surface area contributed by atoms with Crippen molar-refractivity contribution in [3.8, 4) is 0 Å². The number of carboxylic acid groups (broad SMARTS) is 2. The van der Waals surface area contributed by atoms with Crippen LogP contribution in [0.3, 0.4) is 0 Å². The number of aromatic nitrogens is 3. The maximum absolute atomic E-state index is 12.8. The smallest absolute Gasteiger partial charge is 0.347 e. The largest absolute Gasteiger partial charge is 0.478 e. The van der Waals surface area contributed by atoms with E-state index in [0.717, 1.165) is 21.3 Å². The highest BCUT2D eigenvalue weighted by molar-refractivity contribution is 6.22. The number of nitrogen functional groups attached to an aromatic ring is 1. The van der Waals surface area contributed by atoms with E-state index in [0.29, 0.717) is 55.6 Å². The number of carbonyl (C=O) groups is 11. The minimum Gasteiger partial charge on any atom is -0.478 e. The Morgan fingerprint density at radius 3 is 1.53 bits per heavy atom. The number of anilines is 1. The molecule has 29 heteroatoms. The van der Waals surface area contributed by atoms with E-state index in [9.17, 15) is 62.3 Å². The van der Waals surface area contributed by atoms with E-state index in [-0.39, 0.29) is 110 Å². The van der Waals surface area contributed by atoms with E-state index in [2.05, 4.69) is 25.3 Å². The predicted molar refractivity (Wildman–Crippen MR) is 340 cm³/mol. The Hall–Kier alpha value is -10.7. The van der Waals surface area contributed by atoms with Crippen LogP contribution in [-0.4, -0.2) is 107 Å². The van der Waals surface area contributed by atoms with Crippen LogP contribution in [0.4, 0.5) is 5.69 Å². The van der Waals surface area contributed by atoms with Crippen molar-refractivity contribution in [2.24, 2.45) is 11.5 Å². The first-order valence-corrected chi connectivity index (χ1v) is 25.7. The number of carboxylic acids is 2. The van der Waals surface area contributed by atoms with Crippen molar-refractivity contribution < 1.29 is 85.8 Å². The maximum Gasteiger partial charge on any atom is 0.347 e. The first-order chi connectivity index (χ1) is 41.0. The van der Waals surface area contributed by atoms with Gasteiger partial charge in [-0.15, -0.1) is 12.4 Å². The average Bonchev–Trinajstić information content (AvgIpc) is 1.34. The number of nitrogens with two attached hydrogens (primary N) is 3. The summed E-state index contributed by atoms with van der Waals surface area (Å²) in [4.78, 5) is 151. The van der Waals surface area contributed by atoms with Gasteiger partial charge in [0.1, 0.15) is 11.8 Å². The van der Waals surface area contributed by atoms with Crippen molar-refractivity contribution in [1.82, 2.24) is 30.5 Å². The second kappa shape index (κ2) is 37.2. The molecule has 3 aliphatic heterocycles. The number of nitrogens with zero attached hydrogens (tertiary/aromatic N) is 3. The Morgan fingerprint density at radius 1 is 0.615 bits per heavy atom. The van der Waals surface area contributed by atoms with Crippen LogP contribution >= 0.6 is 12.4 Å². The molecule has 2 fully saturated rings. The zero-order chi connectivity index (χ0) is 66.3. The van der Waals surface area contributed by atoms with Gasteiger partial charge in [-0.3, -0.25) is 68.5 Å². The van der Waals surface area contributed by atoms with Crippen LogP contribution in [0.2, 0.25) is 0 Å². The van der Waals surface area contributed by atoms with E-state index in [4.69, 9.17) is 34.6 Å². The number of primary amides is 1. The Bertz CT molecular complexity index is 4090. The summed E-state index contributed by atoms with van der Waals surface area (Å²) in [6.07, 6.45) is 0.244. The number of rotatable bonds is 4. The molecule has 490 valence electrons. The summed E-state index contributed by atoms with van der Waals surface area (Å²) in [6.45, 7) is 14.4. The van der Waals surface area contributed by atoms with Gasteiger partial charge in [0.25, 0.3) is 17.4 Å². The molecule has 10 rings (SSSR count). The van der Waals surface area contributed by atoms with Crippen LogP contribution in [0.5, 0.6) is 0 Å². The van der Waals surface area contributed by atoms with Crippen LogP contribution < -0.4 is 44.3 Å². The molecule has 0 unspecified atom stereocenters. The maximum atomic E-state index is 12.8. The van der Waals surface area contributed by atoms with Crippen LogP contribution in [0.25, 0.3) is 21.8 Å². The van der Waals surface area contributed by atoms with Crippen molar-refractivity contribution in [2.45, 2.75) is 115 Å². The second-order valence-electron chi connectivity index (χ2n) is 18.9. The number of aryl methyl sites for hydroxylation is 7. The van der Waals surface area contributed by atoms with Crippen LogP contribution in [-0.2, 0) is 33.5 Å².